The fourth-order valence-corrected chi connectivity index (χ4v) is 5.86. The van der Waals surface area contributed by atoms with E-state index in [0.717, 1.165) is 52.7 Å². The monoisotopic (exact) mass is 464 g/mol. The molecule has 0 bridgehead atoms. The van der Waals surface area contributed by atoms with Gasteiger partial charge in [0.25, 0.3) is 5.56 Å². The number of likely N-dealkylation sites (tertiary alicyclic amines) is 1. The number of aromatic nitrogens is 3. The average Bonchev–Trinajstić information content (AvgIpc) is 3.32. The number of ether oxygens (including phenoxy) is 1. The Morgan fingerprint density at radius 1 is 1.27 bits per heavy atom. The molecule has 172 valence electrons. The van der Waals surface area contributed by atoms with Crippen molar-refractivity contribution in [2.45, 2.75) is 52.2 Å². The first-order valence-corrected chi connectivity index (χ1v) is 12.2. The molecule has 4 aromatic rings. The Morgan fingerprint density at radius 3 is 2.91 bits per heavy atom. The van der Waals surface area contributed by atoms with E-state index in [4.69, 9.17) is 4.74 Å². The molecule has 1 saturated heterocycles. The van der Waals surface area contributed by atoms with Gasteiger partial charge in [0.1, 0.15) is 17.8 Å². The number of amides is 1. The first-order valence-electron chi connectivity index (χ1n) is 11.4. The van der Waals surface area contributed by atoms with E-state index in [-0.39, 0.29) is 24.1 Å². The zero-order chi connectivity index (χ0) is 23.1. The molecule has 0 spiro atoms. The van der Waals surface area contributed by atoms with Gasteiger partial charge in [-0.2, -0.15) is 5.10 Å². The predicted octanol–water partition coefficient (Wildman–Crippen LogP) is 4.18. The standard InChI is InChI=1S/C25H28N4O3S/c1-16-7-4-5-10-27(16)22(30)15-29-25(31)23-20(13-26-29)24-21(11-17(2)33-24)28(23)14-18-8-6-9-19(12-18)32-3/h6,8-9,11-13,16H,4-5,7,10,14-15H2,1-3H3. The lowest BCUT2D eigenvalue weighted by atomic mass is 10.0. The summed E-state index contributed by atoms with van der Waals surface area (Å²) in [6, 6.07) is 10.2. The molecule has 0 N–H and O–H groups in total. The zero-order valence-electron chi connectivity index (χ0n) is 19.2. The summed E-state index contributed by atoms with van der Waals surface area (Å²) in [6.45, 7) is 5.39. The molecule has 0 radical (unpaired) electrons. The Hall–Kier alpha value is -3.13. The number of carbonyl (C=O) groups is 1. The molecule has 1 unspecified atom stereocenters. The third-order valence-electron chi connectivity index (χ3n) is 6.54. The first kappa shape index (κ1) is 21.7. The Bertz CT molecular complexity index is 1400. The van der Waals surface area contributed by atoms with Crippen molar-refractivity contribution in [2.24, 2.45) is 0 Å². The molecule has 1 aromatic carbocycles. The Labute approximate surface area is 196 Å². The van der Waals surface area contributed by atoms with E-state index in [2.05, 4.69) is 29.6 Å². The third kappa shape index (κ3) is 3.93. The van der Waals surface area contributed by atoms with Crippen molar-refractivity contribution in [3.8, 4) is 5.75 Å². The number of aryl methyl sites for hydroxylation is 1. The molecule has 1 aliphatic heterocycles. The number of benzene rings is 1. The van der Waals surface area contributed by atoms with Crippen LogP contribution in [0.5, 0.6) is 5.75 Å². The van der Waals surface area contributed by atoms with E-state index in [1.54, 1.807) is 24.6 Å². The highest BCUT2D eigenvalue weighted by molar-refractivity contribution is 7.20. The van der Waals surface area contributed by atoms with Crippen LogP contribution in [0.25, 0.3) is 21.1 Å². The van der Waals surface area contributed by atoms with Crippen molar-refractivity contribution in [3.05, 3.63) is 57.3 Å². The van der Waals surface area contributed by atoms with Crippen molar-refractivity contribution in [1.82, 2.24) is 19.2 Å². The van der Waals surface area contributed by atoms with Gasteiger partial charge in [0.15, 0.2) is 0 Å². The number of methoxy groups -OCH3 is 1. The fourth-order valence-electron chi connectivity index (χ4n) is 4.84. The second-order valence-corrected chi connectivity index (χ2v) is 10.1. The summed E-state index contributed by atoms with van der Waals surface area (Å²) in [4.78, 5) is 29.7. The SMILES string of the molecule is COc1cccc(Cn2c3cc(C)sc3c3cnn(CC(=O)N4CCCCC4C)c(=O)c32)c1. The second-order valence-electron chi connectivity index (χ2n) is 8.81. The Morgan fingerprint density at radius 2 is 2.12 bits per heavy atom. The van der Waals surface area contributed by atoms with Crippen LogP contribution in [0, 0.1) is 6.92 Å². The molecule has 7 nitrogen and oxygen atoms in total. The van der Waals surface area contributed by atoms with Gasteiger partial charge in [-0.25, -0.2) is 4.68 Å². The lowest BCUT2D eigenvalue weighted by Crippen LogP contribution is -2.45. The molecule has 1 aliphatic rings. The van der Waals surface area contributed by atoms with Crippen molar-refractivity contribution < 1.29 is 9.53 Å². The number of rotatable bonds is 5. The largest absolute Gasteiger partial charge is 0.497 e. The second kappa shape index (κ2) is 8.67. The normalized spacial score (nSPS) is 16.6. The van der Waals surface area contributed by atoms with Gasteiger partial charge in [0, 0.05) is 29.4 Å². The van der Waals surface area contributed by atoms with Gasteiger partial charge in [-0.05, 0) is 56.9 Å². The van der Waals surface area contributed by atoms with Crippen molar-refractivity contribution in [3.63, 3.8) is 0 Å². The molecule has 1 fully saturated rings. The number of fused-ring (bicyclic) bond motifs is 3. The molecule has 0 saturated carbocycles. The summed E-state index contributed by atoms with van der Waals surface area (Å²) in [6.07, 6.45) is 4.90. The van der Waals surface area contributed by atoms with Crippen LogP contribution in [0.15, 0.2) is 41.3 Å². The summed E-state index contributed by atoms with van der Waals surface area (Å²) < 4.78 is 9.81. The van der Waals surface area contributed by atoms with Crippen molar-refractivity contribution in [1.29, 1.82) is 0 Å². The molecular formula is C25H28N4O3S. The summed E-state index contributed by atoms with van der Waals surface area (Å²) >= 11 is 1.66. The average molecular weight is 465 g/mol. The van der Waals surface area contributed by atoms with Gasteiger partial charge in [-0.3, -0.25) is 9.59 Å². The van der Waals surface area contributed by atoms with Crippen molar-refractivity contribution >= 4 is 38.4 Å². The predicted molar refractivity (Wildman–Crippen MR) is 131 cm³/mol. The Kier molecular flexibility index (Phi) is 5.70. The summed E-state index contributed by atoms with van der Waals surface area (Å²) in [7, 11) is 1.65. The van der Waals surface area contributed by atoms with E-state index >= 15 is 0 Å². The van der Waals surface area contributed by atoms with E-state index in [1.807, 2.05) is 29.2 Å². The molecule has 1 atom stereocenters. The van der Waals surface area contributed by atoms with E-state index < -0.39 is 0 Å². The minimum Gasteiger partial charge on any atom is -0.497 e. The van der Waals surface area contributed by atoms with Crippen LogP contribution in [-0.2, 0) is 17.9 Å². The van der Waals surface area contributed by atoms with Gasteiger partial charge in [-0.15, -0.1) is 11.3 Å². The number of hydrogen-bond acceptors (Lipinski definition) is 5. The smallest absolute Gasteiger partial charge is 0.291 e. The highest BCUT2D eigenvalue weighted by atomic mass is 32.1. The number of carbonyl (C=O) groups excluding carboxylic acids is 1. The van der Waals surface area contributed by atoms with Gasteiger partial charge >= 0.3 is 0 Å². The molecule has 5 rings (SSSR count). The van der Waals surface area contributed by atoms with Gasteiger partial charge in [0.05, 0.1) is 23.5 Å². The topological polar surface area (TPSA) is 69.4 Å². The number of nitrogens with zero attached hydrogens (tertiary/aromatic N) is 4. The number of thiophene rings is 1. The minimum absolute atomic E-state index is 0.0316. The molecule has 0 aliphatic carbocycles. The van der Waals surface area contributed by atoms with Gasteiger partial charge in [-0.1, -0.05) is 12.1 Å². The number of piperidine rings is 1. The molecule has 33 heavy (non-hydrogen) atoms. The molecular weight excluding hydrogens is 436 g/mol. The summed E-state index contributed by atoms with van der Waals surface area (Å²) in [5.74, 6) is 0.738. The highest BCUT2D eigenvalue weighted by Crippen LogP contribution is 2.34. The van der Waals surface area contributed by atoms with Crippen LogP contribution in [0.4, 0.5) is 0 Å². The van der Waals surface area contributed by atoms with Crippen LogP contribution in [0.1, 0.15) is 36.6 Å². The van der Waals surface area contributed by atoms with Gasteiger partial charge in [0.2, 0.25) is 5.91 Å². The lowest BCUT2D eigenvalue weighted by molar-refractivity contribution is -0.135. The third-order valence-corrected chi connectivity index (χ3v) is 7.62. The van der Waals surface area contributed by atoms with Crippen molar-refractivity contribution in [2.75, 3.05) is 13.7 Å². The number of hydrogen-bond donors (Lipinski definition) is 0. The van der Waals surface area contributed by atoms with Gasteiger partial charge < -0.3 is 14.2 Å². The highest BCUT2D eigenvalue weighted by Gasteiger charge is 2.25. The molecule has 3 aromatic heterocycles. The lowest BCUT2D eigenvalue weighted by Gasteiger charge is -2.33. The summed E-state index contributed by atoms with van der Waals surface area (Å²) in [5.41, 5.74) is 2.42. The fraction of sp³-hybridized carbons (Fsp3) is 0.400. The van der Waals surface area contributed by atoms with Crippen LogP contribution < -0.4 is 10.3 Å². The zero-order valence-corrected chi connectivity index (χ0v) is 20.0. The van der Waals surface area contributed by atoms with Crippen LogP contribution in [0.2, 0.25) is 0 Å². The molecule has 1 amide bonds. The Balaban J connectivity index is 1.59. The maximum absolute atomic E-state index is 13.6. The van der Waals surface area contributed by atoms with Crippen LogP contribution in [-0.4, -0.2) is 44.9 Å². The van der Waals surface area contributed by atoms with E-state index in [9.17, 15) is 9.59 Å². The van der Waals surface area contributed by atoms with Crippen LogP contribution in [0.3, 0.4) is 0 Å². The molecule has 4 heterocycles. The maximum atomic E-state index is 13.6. The molecule has 8 heteroatoms. The minimum atomic E-state index is -0.227. The summed E-state index contributed by atoms with van der Waals surface area (Å²) in [5, 5.41) is 5.24. The van der Waals surface area contributed by atoms with E-state index in [0.29, 0.717) is 12.1 Å². The quantitative estimate of drug-likeness (QED) is 0.444. The van der Waals surface area contributed by atoms with E-state index in [1.165, 1.54) is 9.56 Å². The first-order chi connectivity index (χ1) is 16.0. The maximum Gasteiger partial charge on any atom is 0.291 e. The van der Waals surface area contributed by atoms with Crippen LogP contribution >= 0.6 is 11.3 Å².